The third kappa shape index (κ3) is 7.61. The summed E-state index contributed by atoms with van der Waals surface area (Å²) in [5, 5.41) is 18.4. The number of alkyl halides is 1. The first-order valence-electron chi connectivity index (χ1n) is 13.2. The first-order valence-corrected chi connectivity index (χ1v) is 13.7. The Morgan fingerprint density at radius 2 is 1.55 bits per heavy atom. The standard InChI is InChI=1S/C32H34ClN5O2/c1-38(2)28-17-14-24-19-26(11-10-25(24)20-28)31(39)37-29(9-6-18-35-30(34)21-33)32(40)36-27-15-12-23(13-16-27)22-7-4-3-5-8-22/h3-5,7-8,10-17,19-20,29H,6,9,18,21H2,1-2H3,(H2,34,35)(H,36,40)(H,37,39)/t29-/m0/s1. The van der Waals surface area contributed by atoms with Crippen LogP contribution in [0.25, 0.3) is 21.9 Å². The van der Waals surface area contributed by atoms with Crippen LogP contribution in [-0.2, 0) is 4.79 Å². The molecule has 206 valence electrons. The van der Waals surface area contributed by atoms with Crippen molar-refractivity contribution in [2.75, 3.05) is 36.7 Å². The summed E-state index contributed by atoms with van der Waals surface area (Å²) in [5.74, 6) is -0.305. The van der Waals surface area contributed by atoms with Crippen molar-refractivity contribution < 1.29 is 9.59 Å². The lowest BCUT2D eigenvalue weighted by Crippen LogP contribution is -2.44. The van der Waals surface area contributed by atoms with E-state index in [0.29, 0.717) is 30.6 Å². The molecule has 4 aromatic carbocycles. The highest BCUT2D eigenvalue weighted by Crippen LogP contribution is 2.23. The fraction of sp³-hybridized carbons (Fsp3) is 0.219. The number of halogens is 1. The van der Waals surface area contributed by atoms with E-state index in [2.05, 4.69) is 22.0 Å². The van der Waals surface area contributed by atoms with Crippen LogP contribution in [-0.4, -0.2) is 50.2 Å². The number of anilines is 2. The zero-order chi connectivity index (χ0) is 28.5. The molecule has 0 bridgehead atoms. The van der Waals surface area contributed by atoms with Crippen molar-refractivity contribution in [1.82, 2.24) is 10.6 Å². The monoisotopic (exact) mass is 555 g/mol. The average Bonchev–Trinajstić information content (AvgIpc) is 2.98. The van der Waals surface area contributed by atoms with Crippen LogP contribution in [0.4, 0.5) is 11.4 Å². The van der Waals surface area contributed by atoms with Gasteiger partial charge in [0, 0.05) is 37.6 Å². The van der Waals surface area contributed by atoms with Crippen molar-refractivity contribution in [3.05, 3.63) is 96.6 Å². The van der Waals surface area contributed by atoms with Gasteiger partial charge in [0.05, 0.1) is 5.88 Å². The second-order valence-electron chi connectivity index (χ2n) is 9.78. The lowest BCUT2D eigenvalue weighted by Gasteiger charge is -2.19. The van der Waals surface area contributed by atoms with Crippen LogP contribution in [0.5, 0.6) is 0 Å². The van der Waals surface area contributed by atoms with E-state index in [1.807, 2.05) is 97.9 Å². The minimum atomic E-state index is -0.764. The van der Waals surface area contributed by atoms with Gasteiger partial charge in [0.25, 0.3) is 5.91 Å². The summed E-state index contributed by atoms with van der Waals surface area (Å²) in [6.45, 7) is 0.473. The summed E-state index contributed by atoms with van der Waals surface area (Å²) in [6.07, 6.45) is 0.956. The van der Waals surface area contributed by atoms with Crippen molar-refractivity contribution in [2.24, 2.45) is 0 Å². The first kappa shape index (κ1) is 28.6. The number of fused-ring (bicyclic) bond motifs is 1. The molecule has 0 spiro atoms. The van der Waals surface area contributed by atoms with Gasteiger partial charge in [-0.1, -0.05) is 54.6 Å². The molecule has 0 aromatic heterocycles. The van der Waals surface area contributed by atoms with Crippen LogP contribution < -0.4 is 20.9 Å². The van der Waals surface area contributed by atoms with Crippen LogP contribution in [0.15, 0.2) is 91.0 Å². The second kappa shape index (κ2) is 13.6. The fourth-order valence-corrected chi connectivity index (χ4v) is 4.46. The number of benzene rings is 4. The minimum Gasteiger partial charge on any atom is -0.378 e. The molecule has 0 aliphatic carbocycles. The Kier molecular flexibility index (Phi) is 9.76. The van der Waals surface area contributed by atoms with Gasteiger partial charge < -0.3 is 20.9 Å². The van der Waals surface area contributed by atoms with Gasteiger partial charge in [-0.15, -0.1) is 11.6 Å². The molecule has 2 amide bonds. The normalized spacial score (nSPS) is 11.5. The van der Waals surface area contributed by atoms with Gasteiger partial charge in [0.15, 0.2) is 0 Å². The van der Waals surface area contributed by atoms with E-state index in [4.69, 9.17) is 17.0 Å². The number of hydrogen-bond donors (Lipinski definition) is 4. The maximum Gasteiger partial charge on any atom is 0.251 e. The van der Waals surface area contributed by atoms with E-state index in [1.165, 1.54) is 0 Å². The van der Waals surface area contributed by atoms with Crippen molar-refractivity contribution >= 4 is 51.4 Å². The first-order chi connectivity index (χ1) is 19.3. The van der Waals surface area contributed by atoms with E-state index in [0.717, 1.165) is 27.6 Å². The molecule has 4 N–H and O–H groups in total. The summed E-state index contributed by atoms with van der Waals surface area (Å²) in [7, 11) is 3.97. The molecule has 0 saturated carbocycles. The molecule has 0 unspecified atom stereocenters. The van der Waals surface area contributed by atoms with Gasteiger partial charge in [-0.05, 0) is 71.1 Å². The third-order valence-electron chi connectivity index (χ3n) is 6.63. The largest absolute Gasteiger partial charge is 0.378 e. The summed E-state index contributed by atoms with van der Waals surface area (Å²) in [6, 6.07) is 28.5. The minimum absolute atomic E-state index is 0.0949. The summed E-state index contributed by atoms with van der Waals surface area (Å²) < 4.78 is 0. The van der Waals surface area contributed by atoms with Crippen LogP contribution in [0.3, 0.4) is 0 Å². The Labute approximate surface area is 240 Å². The molecule has 0 radical (unpaired) electrons. The highest BCUT2D eigenvalue weighted by molar-refractivity contribution is 6.27. The summed E-state index contributed by atoms with van der Waals surface area (Å²) >= 11 is 5.68. The van der Waals surface area contributed by atoms with Gasteiger partial charge in [-0.25, -0.2) is 0 Å². The fourth-order valence-electron chi connectivity index (χ4n) is 4.36. The number of rotatable bonds is 11. The van der Waals surface area contributed by atoms with E-state index < -0.39 is 6.04 Å². The molecule has 7 nitrogen and oxygen atoms in total. The van der Waals surface area contributed by atoms with Crippen LogP contribution >= 0.6 is 11.6 Å². The Balaban J connectivity index is 1.47. The molecule has 0 saturated heterocycles. The lowest BCUT2D eigenvalue weighted by atomic mass is 10.0. The molecule has 4 aromatic rings. The third-order valence-corrected chi connectivity index (χ3v) is 6.89. The smallest absolute Gasteiger partial charge is 0.251 e. The van der Waals surface area contributed by atoms with Gasteiger partial charge >= 0.3 is 0 Å². The summed E-state index contributed by atoms with van der Waals surface area (Å²) in [4.78, 5) is 28.6. The quantitative estimate of drug-likeness (QED) is 0.0802. The number of carbonyl (C=O) groups excluding carboxylic acids is 2. The van der Waals surface area contributed by atoms with Crippen molar-refractivity contribution in [3.63, 3.8) is 0 Å². The second-order valence-corrected chi connectivity index (χ2v) is 10.0. The van der Waals surface area contributed by atoms with E-state index in [9.17, 15) is 9.59 Å². The lowest BCUT2D eigenvalue weighted by molar-refractivity contribution is -0.118. The number of nitrogens with zero attached hydrogens (tertiary/aromatic N) is 1. The topological polar surface area (TPSA) is 97.3 Å². The molecule has 0 aliphatic heterocycles. The number of carbonyl (C=O) groups is 2. The number of nitrogens with one attached hydrogen (secondary N) is 4. The number of hydrogen-bond acceptors (Lipinski definition) is 4. The zero-order valence-electron chi connectivity index (χ0n) is 22.7. The molecule has 4 rings (SSSR count). The Morgan fingerprint density at radius 1 is 0.875 bits per heavy atom. The summed E-state index contributed by atoms with van der Waals surface area (Å²) in [5.41, 5.74) is 4.35. The molecule has 0 heterocycles. The van der Waals surface area contributed by atoms with Crippen molar-refractivity contribution in [2.45, 2.75) is 18.9 Å². The molecule has 40 heavy (non-hydrogen) atoms. The van der Waals surface area contributed by atoms with E-state index in [1.54, 1.807) is 6.07 Å². The molecular weight excluding hydrogens is 522 g/mol. The van der Waals surface area contributed by atoms with E-state index >= 15 is 0 Å². The van der Waals surface area contributed by atoms with Crippen molar-refractivity contribution in [1.29, 1.82) is 5.41 Å². The molecule has 8 heteroatoms. The van der Waals surface area contributed by atoms with Gasteiger partial charge in [0.2, 0.25) is 5.91 Å². The van der Waals surface area contributed by atoms with Crippen LogP contribution in [0, 0.1) is 5.41 Å². The van der Waals surface area contributed by atoms with Crippen LogP contribution in [0.1, 0.15) is 23.2 Å². The van der Waals surface area contributed by atoms with Gasteiger partial charge in [-0.2, -0.15) is 0 Å². The molecule has 1 atom stereocenters. The maximum absolute atomic E-state index is 13.3. The van der Waals surface area contributed by atoms with Gasteiger partial charge in [-0.3, -0.25) is 15.0 Å². The predicted molar refractivity (Wildman–Crippen MR) is 166 cm³/mol. The number of amides is 2. The SMILES string of the molecule is CN(C)c1ccc2cc(C(=O)N[C@@H](CCCNC(=N)CCl)C(=O)Nc3ccc(-c4ccccc4)cc3)ccc2c1. The Bertz CT molecular complexity index is 1470. The van der Waals surface area contributed by atoms with E-state index in [-0.39, 0.29) is 23.5 Å². The highest BCUT2D eigenvalue weighted by Gasteiger charge is 2.22. The maximum atomic E-state index is 13.3. The Hall–Kier alpha value is -4.36. The predicted octanol–water partition coefficient (Wildman–Crippen LogP) is 5.90. The van der Waals surface area contributed by atoms with Gasteiger partial charge in [0.1, 0.15) is 11.9 Å². The molecule has 0 fully saturated rings. The molecular formula is C32H34ClN5O2. The highest BCUT2D eigenvalue weighted by atomic mass is 35.5. The zero-order valence-corrected chi connectivity index (χ0v) is 23.5. The average molecular weight is 556 g/mol. The van der Waals surface area contributed by atoms with Crippen molar-refractivity contribution in [3.8, 4) is 11.1 Å². The molecule has 0 aliphatic rings. The Morgan fingerprint density at radius 3 is 2.25 bits per heavy atom. The number of amidine groups is 1. The van der Waals surface area contributed by atoms with Crippen LogP contribution in [0.2, 0.25) is 0 Å².